The lowest BCUT2D eigenvalue weighted by atomic mass is 9.94. The van der Waals surface area contributed by atoms with Gasteiger partial charge in [-0.2, -0.15) is 0 Å². The van der Waals surface area contributed by atoms with Gasteiger partial charge in [-0.1, -0.05) is 30.3 Å². The van der Waals surface area contributed by atoms with E-state index in [1.807, 2.05) is 30.3 Å². The van der Waals surface area contributed by atoms with Gasteiger partial charge in [0.1, 0.15) is 23.5 Å². The molecule has 3 heterocycles. The zero-order valence-electron chi connectivity index (χ0n) is 23.2. The van der Waals surface area contributed by atoms with Crippen molar-refractivity contribution in [2.24, 2.45) is 0 Å². The van der Waals surface area contributed by atoms with E-state index in [0.29, 0.717) is 25.4 Å². The molecule has 2 aliphatic rings. The summed E-state index contributed by atoms with van der Waals surface area (Å²) in [6, 6.07) is 8.80. The van der Waals surface area contributed by atoms with Gasteiger partial charge >= 0.3 is 0 Å². The molecule has 4 N–H and O–H groups in total. The summed E-state index contributed by atoms with van der Waals surface area (Å²) in [5.41, 5.74) is 0.207. The second-order valence-corrected chi connectivity index (χ2v) is 10.6. The first kappa shape index (κ1) is 30.2. The Labute approximate surface area is 238 Å². The van der Waals surface area contributed by atoms with Gasteiger partial charge in [0.25, 0.3) is 0 Å². The highest BCUT2D eigenvalue weighted by atomic mass is 19.1. The summed E-state index contributed by atoms with van der Waals surface area (Å²) >= 11 is 0. The number of rotatable bonds is 13. The minimum atomic E-state index is -1.16. The summed E-state index contributed by atoms with van der Waals surface area (Å²) < 4.78 is 24.3. The standard InChI is InChI=1S/C29H36FN5O6/c1-18(33-25(36)14-22-16-31-10-11-40-22)27(38)35-24(13-21-9-8-20(30)15-32-21)28(39)34-23(26(37)29(2)17-41-29)12-19-6-4-3-5-7-19/h3-9,15,18,22-24,31H,10-14,16-17H2,1-2H3,(H,33,36)(H,34,39)(H,35,38)/t18-,22?,23-,24-,29+/m0/s1. The Kier molecular flexibility index (Phi) is 10.1. The van der Waals surface area contributed by atoms with Gasteiger partial charge in [0, 0.05) is 25.2 Å². The molecule has 4 rings (SSSR count). The van der Waals surface area contributed by atoms with Crippen LogP contribution in [0.3, 0.4) is 0 Å². The van der Waals surface area contributed by atoms with Crippen molar-refractivity contribution in [1.29, 1.82) is 0 Å². The summed E-state index contributed by atoms with van der Waals surface area (Å²) in [5, 5.41) is 11.2. The van der Waals surface area contributed by atoms with E-state index < -0.39 is 41.4 Å². The smallest absolute Gasteiger partial charge is 0.243 e. The predicted octanol–water partition coefficient (Wildman–Crippen LogP) is 0.217. The van der Waals surface area contributed by atoms with E-state index in [9.17, 15) is 23.6 Å². The number of carbonyl (C=O) groups excluding carboxylic acids is 4. The number of ether oxygens (including phenoxy) is 2. The number of amides is 3. The topological polar surface area (TPSA) is 151 Å². The van der Waals surface area contributed by atoms with Crippen molar-refractivity contribution in [2.75, 3.05) is 26.3 Å². The van der Waals surface area contributed by atoms with Gasteiger partial charge in [-0.05, 0) is 38.0 Å². The molecule has 0 aliphatic carbocycles. The summed E-state index contributed by atoms with van der Waals surface area (Å²) in [5.74, 6) is -2.41. The molecule has 0 spiro atoms. The van der Waals surface area contributed by atoms with E-state index in [2.05, 4.69) is 26.3 Å². The number of benzene rings is 1. The summed E-state index contributed by atoms with van der Waals surface area (Å²) in [6.07, 6.45) is 0.964. The van der Waals surface area contributed by atoms with Gasteiger partial charge in [-0.25, -0.2) is 4.39 Å². The van der Waals surface area contributed by atoms with Crippen LogP contribution in [0, 0.1) is 5.82 Å². The van der Waals surface area contributed by atoms with E-state index in [-0.39, 0.29) is 43.7 Å². The zero-order valence-corrected chi connectivity index (χ0v) is 23.2. The Morgan fingerprint density at radius 1 is 1.05 bits per heavy atom. The fourth-order valence-electron chi connectivity index (χ4n) is 4.52. The number of hydrogen-bond acceptors (Lipinski definition) is 8. The first-order chi connectivity index (χ1) is 19.6. The number of pyridine rings is 1. The highest BCUT2D eigenvalue weighted by Crippen LogP contribution is 2.29. The number of carbonyl (C=O) groups is 4. The minimum Gasteiger partial charge on any atom is -0.375 e. The molecular weight excluding hydrogens is 533 g/mol. The largest absolute Gasteiger partial charge is 0.375 e. The maximum absolute atomic E-state index is 13.6. The van der Waals surface area contributed by atoms with E-state index in [0.717, 1.165) is 11.8 Å². The highest BCUT2D eigenvalue weighted by molar-refractivity contribution is 5.98. The number of halogens is 1. The highest BCUT2D eigenvalue weighted by Gasteiger charge is 2.50. The van der Waals surface area contributed by atoms with Crippen LogP contribution < -0.4 is 21.3 Å². The van der Waals surface area contributed by atoms with Crippen molar-refractivity contribution in [3.63, 3.8) is 0 Å². The third-order valence-electron chi connectivity index (χ3n) is 7.04. The summed E-state index contributed by atoms with van der Waals surface area (Å²) in [6.45, 7) is 5.18. The van der Waals surface area contributed by atoms with Crippen molar-refractivity contribution in [3.8, 4) is 0 Å². The third kappa shape index (κ3) is 8.87. The molecule has 0 bridgehead atoms. The normalized spacial score (nSPS) is 22.1. The van der Waals surface area contributed by atoms with Crippen molar-refractivity contribution < 1.29 is 33.0 Å². The Morgan fingerprint density at radius 2 is 1.78 bits per heavy atom. The first-order valence-electron chi connectivity index (χ1n) is 13.7. The first-order valence-corrected chi connectivity index (χ1v) is 13.7. The third-order valence-corrected chi connectivity index (χ3v) is 7.04. The van der Waals surface area contributed by atoms with Gasteiger partial charge in [-0.3, -0.25) is 24.2 Å². The van der Waals surface area contributed by atoms with Gasteiger partial charge in [0.05, 0.1) is 38.0 Å². The van der Waals surface area contributed by atoms with Crippen LogP contribution in [0.15, 0.2) is 48.7 Å². The molecule has 5 atom stereocenters. The number of nitrogens with one attached hydrogen (secondary N) is 4. The van der Waals surface area contributed by atoms with Crippen molar-refractivity contribution in [3.05, 3.63) is 65.7 Å². The number of hydrogen-bond donors (Lipinski definition) is 4. The van der Waals surface area contributed by atoms with Crippen LogP contribution in [0.5, 0.6) is 0 Å². The van der Waals surface area contributed by atoms with Gasteiger partial charge in [-0.15, -0.1) is 0 Å². The average molecular weight is 570 g/mol. The lowest BCUT2D eigenvalue weighted by Crippen LogP contribution is -2.57. The number of morpholine rings is 1. The Bertz CT molecular complexity index is 1220. The van der Waals surface area contributed by atoms with Crippen molar-refractivity contribution in [2.45, 2.75) is 62.9 Å². The van der Waals surface area contributed by atoms with E-state index in [1.54, 1.807) is 6.92 Å². The average Bonchev–Trinajstić information content (AvgIpc) is 3.72. The number of nitrogens with zero attached hydrogens (tertiary/aromatic N) is 1. The van der Waals surface area contributed by atoms with E-state index >= 15 is 0 Å². The molecule has 220 valence electrons. The van der Waals surface area contributed by atoms with Crippen LogP contribution in [0.2, 0.25) is 0 Å². The number of Topliss-reactive ketones (excluding diaryl/α,β-unsaturated/α-hetero) is 1. The zero-order chi connectivity index (χ0) is 29.4. The van der Waals surface area contributed by atoms with Crippen LogP contribution in [-0.4, -0.2) is 84.6 Å². The van der Waals surface area contributed by atoms with Crippen LogP contribution in [0.1, 0.15) is 31.5 Å². The van der Waals surface area contributed by atoms with E-state index in [4.69, 9.17) is 9.47 Å². The van der Waals surface area contributed by atoms with Crippen molar-refractivity contribution >= 4 is 23.5 Å². The molecule has 2 aliphatic heterocycles. The molecule has 11 nitrogen and oxygen atoms in total. The maximum atomic E-state index is 13.6. The molecule has 12 heteroatoms. The Balaban J connectivity index is 1.45. The fraction of sp³-hybridized carbons (Fsp3) is 0.483. The lowest BCUT2D eigenvalue weighted by Gasteiger charge is -2.26. The van der Waals surface area contributed by atoms with Gasteiger partial charge < -0.3 is 30.7 Å². The molecule has 0 radical (unpaired) electrons. The molecule has 1 aromatic carbocycles. The van der Waals surface area contributed by atoms with Crippen molar-refractivity contribution in [1.82, 2.24) is 26.3 Å². The number of aromatic nitrogens is 1. The molecule has 2 fully saturated rings. The van der Waals surface area contributed by atoms with Crippen LogP contribution >= 0.6 is 0 Å². The fourth-order valence-corrected chi connectivity index (χ4v) is 4.52. The maximum Gasteiger partial charge on any atom is 0.243 e. The van der Waals surface area contributed by atoms with Gasteiger partial charge in [0.15, 0.2) is 5.78 Å². The van der Waals surface area contributed by atoms with Gasteiger partial charge in [0.2, 0.25) is 17.7 Å². The van der Waals surface area contributed by atoms with Crippen LogP contribution in [-0.2, 0) is 41.5 Å². The number of ketones is 1. The molecular formula is C29H36FN5O6. The molecule has 1 unspecified atom stereocenters. The summed E-state index contributed by atoms with van der Waals surface area (Å²) in [4.78, 5) is 56.4. The minimum absolute atomic E-state index is 0.0693. The second-order valence-electron chi connectivity index (χ2n) is 10.6. The molecule has 1 aromatic heterocycles. The molecule has 41 heavy (non-hydrogen) atoms. The number of epoxide rings is 1. The lowest BCUT2D eigenvalue weighted by molar-refractivity contribution is -0.134. The predicted molar refractivity (Wildman–Crippen MR) is 146 cm³/mol. The quantitative estimate of drug-likeness (QED) is 0.250. The Hall–Kier alpha value is -3.74. The molecule has 3 amide bonds. The van der Waals surface area contributed by atoms with Crippen LogP contribution in [0.4, 0.5) is 4.39 Å². The Morgan fingerprint density at radius 3 is 2.41 bits per heavy atom. The SMILES string of the molecule is C[C@H](NC(=O)CC1CNCCO1)C(=O)N[C@@H](Cc1ccc(F)cn1)C(=O)N[C@@H](Cc1ccccc1)C(=O)[C@@]1(C)CO1. The molecule has 2 saturated heterocycles. The molecule has 0 saturated carbocycles. The summed E-state index contributed by atoms with van der Waals surface area (Å²) in [7, 11) is 0. The monoisotopic (exact) mass is 569 g/mol. The van der Waals surface area contributed by atoms with E-state index in [1.165, 1.54) is 19.1 Å². The van der Waals surface area contributed by atoms with Crippen LogP contribution in [0.25, 0.3) is 0 Å². The molecule has 2 aromatic rings. The second kappa shape index (κ2) is 13.7.